The van der Waals surface area contributed by atoms with Gasteiger partial charge in [0.1, 0.15) is 0 Å². The van der Waals surface area contributed by atoms with Crippen LogP contribution in [0.2, 0.25) is 0 Å². The van der Waals surface area contributed by atoms with E-state index in [1.807, 2.05) is 13.0 Å². The average Bonchev–Trinajstić information content (AvgIpc) is 3.62. The van der Waals surface area contributed by atoms with E-state index >= 15 is 0 Å². The number of alkyl halides is 3. The molecule has 1 amide bonds. The maximum atomic E-state index is 13.6. The second kappa shape index (κ2) is 10.5. The Hall–Kier alpha value is -3.45. The van der Waals surface area contributed by atoms with Crippen LogP contribution >= 0.6 is 11.3 Å². The van der Waals surface area contributed by atoms with Crippen molar-refractivity contribution >= 4 is 33.0 Å². The Balaban J connectivity index is 1.41. The molecule has 3 aromatic heterocycles. The van der Waals surface area contributed by atoms with Gasteiger partial charge in [0.25, 0.3) is 5.91 Å². The van der Waals surface area contributed by atoms with Gasteiger partial charge in [-0.05, 0) is 49.9 Å². The lowest BCUT2D eigenvalue weighted by Crippen LogP contribution is -2.35. The maximum Gasteiger partial charge on any atom is 0.393 e. The number of hydrogen-bond donors (Lipinski definition) is 3. The highest BCUT2D eigenvalue weighted by molar-refractivity contribution is 7.23. The Kier molecular flexibility index (Phi) is 7.15. The van der Waals surface area contributed by atoms with Crippen LogP contribution < -0.4 is 16.0 Å². The largest absolute Gasteiger partial charge is 0.393 e. The van der Waals surface area contributed by atoms with Crippen molar-refractivity contribution in [1.82, 2.24) is 30.6 Å². The molecule has 1 aliphatic rings. The third-order valence-electron chi connectivity index (χ3n) is 6.19. The molecule has 9 nitrogen and oxygen atoms in total. The van der Waals surface area contributed by atoms with Gasteiger partial charge in [-0.3, -0.25) is 9.48 Å². The van der Waals surface area contributed by atoms with Gasteiger partial charge in [0.2, 0.25) is 11.7 Å². The molecule has 37 heavy (non-hydrogen) atoms. The van der Waals surface area contributed by atoms with Crippen LogP contribution in [-0.4, -0.2) is 51.1 Å². The minimum absolute atomic E-state index is 0.0643. The van der Waals surface area contributed by atoms with Crippen LogP contribution in [0.15, 0.2) is 35.1 Å². The summed E-state index contributed by atoms with van der Waals surface area (Å²) in [6, 6.07) is 5.59. The first kappa shape index (κ1) is 25.2. The second-order valence-corrected chi connectivity index (χ2v) is 9.85. The summed E-state index contributed by atoms with van der Waals surface area (Å²) in [7, 11) is 0. The number of piperidine rings is 1. The van der Waals surface area contributed by atoms with E-state index in [0.717, 1.165) is 36.3 Å². The number of thiophene rings is 1. The van der Waals surface area contributed by atoms with Crippen LogP contribution in [0.1, 0.15) is 41.6 Å². The van der Waals surface area contributed by atoms with E-state index in [-0.39, 0.29) is 35.8 Å². The lowest BCUT2D eigenvalue weighted by Gasteiger charge is -2.25. The predicted octanol–water partition coefficient (Wildman–Crippen LogP) is 4.37. The number of carbonyl (C=O) groups is 1. The highest BCUT2D eigenvalue weighted by Crippen LogP contribution is 2.43. The number of anilines is 1. The Morgan fingerprint density at radius 3 is 2.84 bits per heavy atom. The molecule has 3 N–H and O–H groups in total. The molecule has 1 fully saturated rings. The molecular weight excluding hydrogens is 507 g/mol. The molecule has 1 aliphatic heterocycles. The van der Waals surface area contributed by atoms with Gasteiger partial charge < -0.3 is 20.5 Å². The van der Waals surface area contributed by atoms with Crippen molar-refractivity contribution in [3.05, 3.63) is 47.6 Å². The van der Waals surface area contributed by atoms with Crippen molar-refractivity contribution in [2.45, 2.75) is 51.5 Å². The lowest BCUT2D eigenvalue weighted by atomic mass is 10.0. The van der Waals surface area contributed by atoms with Gasteiger partial charge in [-0.1, -0.05) is 17.3 Å². The van der Waals surface area contributed by atoms with E-state index in [1.54, 1.807) is 23.0 Å². The van der Waals surface area contributed by atoms with Crippen molar-refractivity contribution in [2.75, 3.05) is 18.4 Å². The van der Waals surface area contributed by atoms with Crippen LogP contribution in [0.4, 0.5) is 18.9 Å². The third-order valence-corrected chi connectivity index (χ3v) is 7.46. The van der Waals surface area contributed by atoms with Crippen LogP contribution in [0.25, 0.3) is 20.8 Å². The Morgan fingerprint density at radius 2 is 2.11 bits per heavy atom. The summed E-state index contributed by atoms with van der Waals surface area (Å²) in [6.45, 7) is 4.26. The van der Waals surface area contributed by atoms with Crippen molar-refractivity contribution in [3.63, 3.8) is 0 Å². The van der Waals surface area contributed by atoms with Crippen molar-refractivity contribution in [2.24, 2.45) is 0 Å². The number of benzene rings is 1. The molecule has 0 unspecified atom stereocenters. The molecule has 196 valence electrons. The second-order valence-electron chi connectivity index (χ2n) is 8.83. The van der Waals surface area contributed by atoms with Crippen LogP contribution in [0.5, 0.6) is 0 Å². The van der Waals surface area contributed by atoms with Gasteiger partial charge in [-0.25, -0.2) is 0 Å². The summed E-state index contributed by atoms with van der Waals surface area (Å²) in [5.41, 5.74) is 1.30. The number of nitrogens with one attached hydrogen (secondary N) is 3. The van der Waals surface area contributed by atoms with Gasteiger partial charge >= 0.3 is 6.18 Å². The molecule has 0 bridgehead atoms. The van der Waals surface area contributed by atoms with Gasteiger partial charge in [-0.15, -0.1) is 11.3 Å². The number of hydrogen-bond acceptors (Lipinski definition) is 8. The number of aromatic nitrogens is 4. The molecule has 0 saturated carbocycles. The summed E-state index contributed by atoms with van der Waals surface area (Å²) < 4.78 is 48.4. The predicted molar refractivity (Wildman–Crippen MR) is 133 cm³/mol. The van der Waals surface area contributed by atoms with Crippen molar-refractivity contribution in [1.29, 1.82) is 0 Å². The number of halogens is 3. The number of aryl methyl sites for hydroxylation is 1. The number of carbonyl (C=O) groups excluding carboxylic acids is 1. The minimum Gasteiger partial charge on any atom is -0.381 e. The first-order valence-electron chi connectivity index (χ1n) is 12.0. The Morgan fingerprint density at radius 1 is 1.30 bits per heavy atom. The quantitative estimate of drug-likeness (QED) is 0.309. The first-order valence-corrected chi connectivity index (χ1v) is 12.8. The standard InChI is InChI=1S/C24H26F3N7O2S/c1-2-34-13-14(11-30-34)23(35)29-12-19-32-22(33-36-19)21-17(10-24(25,26)27)16-4-3-5-18(20(16)37-21)31-15-6-8-28-9-7-15/h3-5,11,13,15,28,31H,2,6-10,12H2,1H3,(H,29,35). The fourth-order valence-corrected chi connectivity index (χ4v) is 5.58. The number of amides is 1. The van der Waals surface area contributed by atoms with Crippen LogP contribution in [0.3, 0.4) is 0 Å². The Bertz CT molecular complexity index is 1390. The summed E-state index contributed by atoms with van der Waals surface area (Å²) in [4.78, 5) is 17.0. The molecule has 1 saturated heterocycles. The molecule has 0 radical (unpaired) electrons. The monoisotopic (exact) mass is 533 g/mol. The summed E-state index contributed by atoms with van der Waals surface area (Å²) in [5.74, 6) is -0.210. The van der Waals surface area contributed by atoms with E-state index in [9.17, 15) is 18.0 Å². The smallest absolute Gasteiger partial charge is 0.381 e. The highest BCUT2D eigenvalue weighted by atomic mass is 32.1. The van der Waals surface area contributed by atoms with E-state index in [0.29, 0.717) is 22.4 Å². The minimum atomic E-state index is -4.41. The average molecular weight is 534 g/mol. The highest BCUT2D eigenvalue weighted by Gasteiger charge is 2.33. The van der Waals surface area contributed by atoms with Crippen molar-refractivity contribution < 1.29 is 22.5 Å². The lowest BCUT2D eigenvalue weighted by molar-refractivity contribution is -0.126. The summed E-state index contributed by atoms with van der Waals surface area (Å²) >= 11 is 1.21. The van der Waals surface area contributed by atoms with E-state index in [2.05, 4.69) is 31.2 Å². The normalized spacial score (nSPS) is 14.8. The fraction of sp³-hybridized carbons (Fsp3) is 0.417. The molecular formula is C24H26F3N7O2S. The zero-order valence-electron chi connectivity index (χ0n) is 20.1. The zero-order chi connectivity index (χ0) is 26.0. The number of rotatable bonds is 8. The molecule has 4 aromatic rings. The zero-order valence-corrected chi connectivity index (χ0v) is 20.9. The molecule has 0 aliphatic carbocycles. The van der Waals surface area contributed by atoms with E-state index in [4.69, 9.17) is 4.52 Å². The third kappa shape index (κ3) is 5.77. The summed E-state index contributed by atoms with van der Waals surface area (Å²) in [6.07, 6.45) is -0.586. The number of fused-ring (bicyclic) bond motifs is 1. The van der Waals surface area contributed by atoms with Gasteiger partial charge in [0.15, 0.2) is 0 Å². The molecule has 5 rings (SSSR count). The molecule has 0 spiro atoms. The van der Waals surface area contributed by atoms with Gasteiger partial charge in [0.05, 0.1) is 40.0 Å². The van der Waals surface area contributed by atoms with Crippen molar-refractivity contribution in [3.8, 4) is 10.7 Å². The molecule has 13 heteroatoms. The van der Waals surface area contributed by atoms with Gasteiger partial charge in [-0.2, -0.15) is 23.3 Å². The topological polar surface area (TPSA) is 110 Å². The SMILES string of the molecule is CCn1cc(C(=O)NCc2nc(-c3sc4c(NC5CCNCC5)cccc4c3CC(F)(F)F)no2)cn1. The Labute approximate surface area is 214 Å². The van der Waals surface area contributed by atoms with Crippen LogP contribution in [0, 0.1) is 0 Å². The summed E-state index contributed by atoms with van der Waals surface area (Å²) in [5, 5.41) is 18.0. The number of nitrogens with zero attached hydrogens (tertiary/aromatic N) is 4. The van der Waals surface area contributed by atoms with Crippen LogP contribution in [-0.2, 0) is 19.5 Å². The van der Waals surface area contributed by atoms with E-state index in [1.165, 1.54) is 17.5 Å². The molecule has 0 atom stereocenters. The van der Waals surface area contributed by atoms with Gasteiger partial charge in [0, 0.05) is 18.8 Å². The first-order chi connectivity index (χ1) is 17.8. The van der Waals surface area contributed by atoms with E-state index < -0.39 is 12.6 Å². The molecule has 1 aromatic carbocycles. The fourth-order valence-electron chi connectivity index (χ4n) is 4.36. The molecule has 4 heterocycles. The maximum absolute atomic E-state index is 13.6.